The number of aliphatic imine (C=N–C) groups is 1. The van der Waals surface area contributed by atoms with Gasteiger partial charge in [-0.1, -0.05) is 34.8 Å². The van der Waals surface area contributed by atoms with Crippen molar-refractivity contribution in [3.63, 3.8) is 0 Å². The lowest BCUT2D eigenvalue weighted by Crippen LogP contribution is -2.48. The molecule has 112 valence electrons. The fourth-order valence-electron chi connectivity index (χ4n) is 2.42. The number of hydrogen-bond donors (Lipinski definition) is 0. The number of halogens is 3. The number of allylic oxidation sites excluding steroid dienone is 1. The van der Waals surface area contributed by atoms with Crippen molar-refractivity contribution in [1.82, 2.24) is 10.0 Å². The molecule has 0 saturated carbocycles. The second kappa shape index (κ2) is 6.55. The molecule has 2 aliphatic rings. The van der Waals surface area contributed by atoms with Gasteiger partial charge in [-0.2, -0.15) is 0 Å². The number of rotatable bonds is 2. The molecule has 4 nitrogen and oxygen atoms in total. The average molecular weight is 347 g/mol. The standard InChI is InChI=1S/C14H14Cl3N3O/c15-10-7-11(14(17)12(16)8-10)13-1-2-18-9-20(13)19-3-5-21-6-4-19/h1-2,7-8H,3-6,9H2. The van der Waals surface area contributed by atoms with Crippen molar-refractivity contribution >= 4 is 46.7 Å². The van der Waals surface area contributed by atoms with Crippen LogP contribution in [0.2, 0.25) is 15.1 Å². The van der Waals surface area contributed by atoms with E-state index in [0.29, 0.717) is 35.0 Å². The Morgan fingerprint density at radius 1 is 1.10 bits per heavy atom. The summed E-state index contributed by atoms with van der Waals surface area (Å²) in [5.41, 5.74) is 1.76. The maximum absolute atomic E-state index is 6.36. The number of morpholine rings is 1. The Labute approximate surface area is 138 Å². The second-order valence-corrected chi connectivity index (χ2v) is 5.96. The number of hydrogen-bond acceptors (Lipinski definition) is 4. The third-order valence-electron chi connectivity index (χ3n) is 3.43. The molecule has 1 aromatic rings. The number of ether oxygens (including phenoxy) is 1. The van der Waals surface area contributed by atoms with Crippen LogP contribution in [0.1, 0.15) is 5.56 Å². The predicted molar refractivity (Wildman–Crippen MR) is 87.0 cm³/mol. The number of hydrazine groups is 1. The molecular weight excluding hydrogens is 333 g/mol. The van der Waals surface area contributed by atoms with Crippen molar-refractivity contribution in [2.75, 3.05) is 33.0 Å². The Bertz CT molecular complexity index is 597. The molecule has 0 aromatic heterocycles. The molecular formula is C14H14Cl3N3O. The first-order valence-corrected chi connectivity index (χ1v) is 7.75. The lowest BCUT2D eigenvalue weighted by atomic mass is 10.1. The van der Waals surface area contributed by atoms with Crippen LogP contribution in [-0.4, -0.2) is 49.2 Å². The minimum atomic E-state index is 0.449. The second-order valence-electron chi connectivity index (χ2n) is 4.74. The van der Waals surface area contributed by atoms with Gasteiger partial charge in [0, 0.05) is 29.9 Å². The Kier molecular flexibility index (Phi) is 4.72. The third-order valence-corrected chi connectivity index (χ3v) is 4.45. The molecule has 0 atom stereocenters. The van der Waals surface area contributed by atoms with E-state index >= 15 is 0 Å². The first-order valence-electron chi connectivity index (χ1n) is 6.62. The molecule has 0 spiro atoms. The highest BCUT2D eigenvalue weighted by Gasteiger charge is 2.24. The summed E-state index contributed by atoms with van der Waals surface area (Å²) in [4.78, 5) is 4.32. The molecule has 0 amide bonds. The Morgan fingerprint density at radius 3 is 2.62 bits per heavy atom. The van der Waals surface area contributed by atoms with Crippen LogP contribution < -0.4 is 0 Å². The van der Waals surface area contributed by atoms with Gasteiger partial charge < -0.3 is 4.74 Å². The van der Waals surface area contributed by atoms with Gasteiger partial charge in [-0.05, 0) is 18.2 Å². The summed E-state index contributed by atoms with van der Waals surface area (Å²) in [6.07, 6.45) is 3.70. The molecule has 1 saturated heterocycles. The molecule has 0 radical (unpaired) electrons. The van der Waals surface area contributed by atoms with Crippen molar-refractivity contribution in [1.29, 1.82) is 0 Å². The maximum Gasteiger partial charge on any atom is 0.125 e. The molecule has 2 heterocycles. The van der Waals surface area contributed by atoms with Gasteiger partial charge in [-0.15, -0.1) is 0 Å². The zero-order valence-corrected chi connectivity index (χ0v) is 13.5. The van der Waals surface area contributed by atoms with Crippen LogP contribution in [-0.2, 0) is 4.74 Å². The van der Waals surface area contributed by atoms with Crippen LogP contribution >= 0.6 is 34.8 Å². The smallest absolute Gasteiger partial charge is 0.125 e. The van der Waals surface area contributed by atoms with Gasteiger partial charge in [-0.3, -0.25) is 10.0 Å². The summed E-state index contributed by atoms with van der Waals surface area (Å²) in [5, 5.41) is 5.81. The van der Waals surface area contributed by atoms with E-state index in [0.717, 1.165) is 24.4 Å². The van der Waals surface area contributed by atoms with Crippen molar-refractivity contribution in [3.05, 3.63) is 38.8 Å². The Morgan fingerprint density at radius 2 is 1.86 bits per heavy atom. The monoisotopic (exact) mass is 345 g/mol. The molecule has 2 aliphatic heterocycles. The summed E-state index contributed by atoms with van der Waals surface area (Å²) < 4.78 is 5.40. The van der Waals surface area contributed by atoms with Gasteiger partial charge >= 0.3 is 0 Å². The molecule has 21 heavy (non-hydrogen) atoms. The number of benzene rings is 1. The molecule has 0 unspecified atom stereocenters. The summed E-state index contributed by atoms with van der Waals surface area (Å²) >= 11 is 18.6. The largest absolute Gasteiger partial charge is 0.379 e. The first-order chi connectivity index (χ1) is 10.2. The summed E-state index contributed by atoms with van der Waals surface area (Å²) in [6.45, 7) is 3.60. The third kappa shape index (κ3) is 3.20. The highest BCUT2D eigenvalue weighted by molar-refractivity contribution is 6.44. The minimum absolute atomic E-state index is 0.449. The normalized spacial score (nSPS) is 19.8. The lowest BCUT2D eigenvalue weighted by molar-refractivity contribution is -0.0551. The molecule has 0 N–H and O–H groups in total. The number of nitrogens with zero attached hydrogens (tertiary/aromatic N) is 3. The summed E-state index contributed by atoms with van der Waals surface area (Å²) in [7, 11) is 0. The Hall–Kier alpha value is -0.780. The maximum atomic E-state index is 6.36. The molecule has 1 fully saturated rings. The van der Waals surface area contributed by atoms with E-state index in [1.54, 1.807) is 12.3 Å². The lowest BCUT2D eigenvalue weighted by Gasteiger charge is -2.40. The SMILES string of the molecule is Clc1cc(Cl)c(Cl)c(C2=CC=NCN2N2CCOCC2)c1. The van der Waals surface area contributed by atoms with Gasteiger partial charge in [0.2, 0.25) is 0 Å². The van der Waals surface area contributed by atoms with E-state index < -0.39 is 0 Å². The minimum Gasteiger partial charge on any atom is -0.379 e. The van der Waals surface area contributed by atoms with E-state index in [9.17, 15) is 0 Å². The van der Waals surface area contributed by atoms with E-state index in [1.165, 1.54) is 0 Å². The van der Waals surface area contributed by atoms with E-state index in [4.69, 9.17) is 39.5 Å². The van der Waals surface area contributed by atoms with Gasteiger partial charge in [-0.25, -0.2) is 5.01 Å². The van der Waals surface area contributed by atoms with Crippen LogP contribution in [0.4, 0.5) is 0 Å². The van der Waals surface area contributed by atoms with Crippen LogP contribution in [0.5, 0.6) is 0 Å². The van der Waals surface area contributed by atoms with Gasteiger partial charge in [0.15, 0.2) is 0 Å². The van der Waals surface area contributed by atoms with E-state index in [1.807, 2.05) is 12.1 Å². The quantitative estimate of drug-likeness (QED) is 0.766. The topological polar surface area (TPSA) is 28.1 Å². The Balaban J connectivity index is 1.98. The molecule has 3 rings (SSSR count). The van der Waals surface area contributed by atoms with Crippen LogP contribution in [0.25, 0.3) is 5.70 Å². The van der Waals surface area contributed by atoms with Crippen molar-refractivity contribution < 1.29 is 4.74 Å². The summed E-state index contributed by atoms with van der Waals surface area (Å²) in [5.74, 6) is 0. The average Bonchev–Trinajstić information content (AvgIpc) is 2.52. The molecule has 7 heteroatoms. The first kappa shape index (κ1) is 15.1. The molecule has 0 aliphatic carbocycles. The fourth-order valence-corrected chi connectivity index (χ4v) is 3.12. The van der Waals surface area contributed by atoms with E-state index in [-0.39, 0.29) is 0 Å². The van der Waals surface area contributed by atoms with E-state index in [2.05, 4.69) is 15.0 Å². The molecule has 1 aromatic carbocycles. The van der Waals surface area contributed by atoms with Crippen molar-refractivity contribution in [2.24, 2.45) is 4.99 Å². The predicted octanol–water partition coefficient (Wildman–Crippen LogP) is 3.58. The van der Waals surface area contributed by atoms with Crippen molar-refractivity contribution in [2.45, 2.75) is 0 Å². The summed E-state index contributed by atoms with van der Waals surface area (Å²) in [6, 6.07) is 3.47. The van der Waals surface area contributed by atoms with Crippen LogP contribution in [0.3, 0.4) is 0 Å². The van der Waals surface area contributed by atoms with Crippen LogP contribution in [0.15, 0.2) is 23.2 Å². The van der Waals surface area contributed by atoms with Crippen molar-refractivity contribution in [3.8, 4) is 0 Å². The zero-order chi connectivity index (χ0) is 14.8. The highest BCUT2D eigenvalue weighted by atomic mass is 35.5. The van der Waals surface area contributed by atoms with Gasteiger partial charge in [0.25, 0.3) is 0 Å². The zero-order valence-electron chi connectivity index (χ0n) is 11.2. The van der Waals surface area contributed by atoms with Gasteiger partial charge in [0.05, 0.1) is 29.0 Å². The van der Waals surface area contributed by atoms with Crippen LogP contribution in [0, 0.1) is 0 Å². The fraction of sp³-hybridized carbons (Fsp3) is 0.357. The highest BCUT2D eigenvalue weighted by Crippen LogP contribution is 2.36. The molecule has 0 bridgehead atoms. The van der Waals surface area contributed by atoms with Gasteiger partial charge in [0.1, 0.15) is 6.67 Å².